The number of nitrogens with one attached hydrogen (secondary N) is 1. The molecule has 23 heavy (non-hydrogen) atoms. The lowest BCUT2D eigenvalue weighted by Crippen LogP contribution is -2.47. The average molecular weight is 328 g/mol. The van der Waals surface area contributed by atoms with Gasteiger partial charge in [-0.1, -0.05) is 6.42 Å². The van der Waals surface area contributed by atoms with Crippen LogP contribution in [0.5, 0.6) is 5.75 Å². The van der Waals surface area contributed by atoms with Crippen LogP contribution in [0.2, 0.25) is 0 Å². The van der Waals surface area contributed by atoms with E-state index in [2.05, 4.69) is 10.2 Å². The third kappa shape index (κ3) is 3.63. The largest absolute Gasteiger partial charge is 0.497 e. The smallest absolute Gasteiger partial charge is 0.416 e. The van der Waals surface area contributed by atoms with Crippen molar-refractivity contribution in [3.05, 3.63) is 29.3 Å². The van der Waals surface area contributed by atoms with Gasteiger partial charge in [0.2, 0.25) is 0 Å². The van der Waals surface area contributed by atoms with Gasteiger partial charge in [-0.2, -0.15) is 13.2 Å². The molecule has 2 fully saturated rings. The second-order valence-electron chi connectivity index (χ2n) is 6.41. The summed E-state index contributed by atoms with van der Waals surface area (Å²) in [7, 11) is 1.42. The maximum Gasteiger partial charge on any atom is 0.416 e. The molecule has 1 aromatic rings. The molecule has 0 aromatic heterocycles. The Morgan fingerprint density at radius 1 is 1.17 bits per heavy atom. The van der Waals surface area contributed by atoms with Crippen LogP contribution in [0.25, 0.3) is 0 Å². The second-order valence-corrected chi connectivity index (χ2v) is 6.41. The molecule has 1 saturated carbocycles. The molecule has 1 aromatic carbocycles. The van der Waals surface area contributed by atoms with Crippen molar-refractivity contribution >= 4 is 0 Å². The molecule has 1 aliphatic carbocycles. The first-order valence-corrected chi connectivity index (χ1v) is 8.20. The van der Waals surface area contributed by atoms with E-state index in [9.17, 15) is 13.2 Å². The molecular formula is C17H23F3N2O. The van der Waals surface area contributed by atoms with Crippen LogP contribution in [0.1, 0.15) is 36.4 Å². The zero-order valence-electron chi connectivity index (χ0n) is 13.3. The summed E-state index contributed by atoms with van der Waals surface area (Å²) in [5.74, 6) is 0.732. The van der Waals surface area contributed by atoms with E-state index < -0.39 is 11.7 Å². The first-order valence-electron chi connectivity index (χ1n) is 8.20. The first kappa shape index (κ1) is 16.6. The van der Waals surface area contributed by atoms with Crippen molar-refractivity contribution in [2.45, 2.75) is 31.5 Å². The molecular weight excluding hydrogens is 305 g/mol. The average Bonchev–Trinajstić information content (AvgIpc) is 2.50. The Bertz CT molecular complexity index is 537. The van der Waals surface area contributed by atoms with Crippen molar-refractivity contribution < 1.29 is 17.9 Å². The molecule has 6 heteroatoms. The highest BCUT2D eigenvalue weighted by atomic mass is 19.4. The summed E-state index contributed by atoms with van der Waals surface area (Å²) in [6.45, 7) is 3.53. The Morgan fingerprint density at radius 3 is 2.39 bits per heavy atom. The Kier molecular flexibility index (Phi) is 4.82. The van der Waals surface area contributed by atoms with E-state index in [0.29, 0.717) is 5.92 Å². The van der Waals surface area contributed by atoms with Crippen molar-refractivity contribution in [3.63, 3.8) is 0 Å². The molecule has 3 nitrogen and oxygen atoms in total. The van der Waals surface area contributed by atoms with Gasteiger partial charge in [0.15, 0.2) is 0 Å². The van der Waals surface area contributed by atoms with E-state index in [1.54, 1.807) is 6.07 Å². The molecule has 0 unspecified atom stereocenters. The molecule has 3 rings (SSSR count). The number of piperazine rings is 1. The van der Waals surface area contributed by atoms with Gasteiger partial charge in [-0.15, -0.1) is 0 Å². The fraction of sp³-hybridized carbons (Fsp3) is 0.647. The van der Waals surface area contributed by atoms with E-state index in [0.717, 1.165) is 50.7 Å². The summed E-state index contributed by atoms with van der Waals surface area (Å²) in [6, 6.07) is 4.23. The first-order chi connectivity index (χ1) is 11.0. The van der Waals surface area contributed by atoms with E-state index in [-0.39, 0.29) is 11.8 Å². The molecule has 0 radical (unpaired) electrons. The van der Waals surface area contributed by atoms with E-state index in [4.69, 9.17) is 4.74 Å². The zero-order chi connectivity index (χ0) is 16.4. The van der Waals surface area contributed by atoms with E-state index in [1.807, 2.05) is 0 Å². The summed E-state index contributed by atoms with van der Waals surface area (Å²) in [4.78, 5) is 2.33. The third-order valence-electron chi connectivity index (χ3n) is 4.97. The Hall–Kier alpha value is -1.27. The molecule has 1 aliphatic heterocycles. The van der Waals surface area contributed by atoms with Gasteiger partial charge in [-0.25, -0.2) is 0 Å². The summed E-state index contributed by atoms with van der Waals surface area (Å²) >= 11 is 0. The van der Waals surface area contributed by atoms with Crippen molar-refractivity contribution in [2.24, 2.45) is 5.92 Å². The molecule has 1 atom stereocenters. The summed E-state index contributed by atoms with van der Waals surface area (Å²) in [5, 5.41) is 3.31. The lowest BCUT2D eigenvalue weighted by molar-refractivity contribution is -0.137. The SMILES string of the molecule is COc1cc([C@@H](C2CCC2)N2CCNCC2)cc(C(F)(F)F)c1. The summed E-state index contributed by atoms with van der Waals surface area (Å²) in [5.41, 5.74) is 0.120. The highest BCUT2D eigenvalue weighted by molar-refractivity contribution is 5.38. The van der Waals surface area contributed by atoms with Gasteiger partial charge in [-0.05, 0) is 42.5 Å². The van der Waals surface area contributed by atoms with Crippen LogP contribution in [-0.2, 0) is 6.18 Å². The van der Waals surface area contributed by atoms with Crippen LogP contribution in [0.3, 0.4) is 0 Å². The number of rotatable bonds is 4. The van der Waals surface area contributed by atoms with E-state index in [1.165, 1.54) is 19.6 Å². The van der Waals surface area contributed by atoms with Crippen LogP contribution in [0, 0.1) is 5.92 Å². The van der Waals surface area contributed by atoms with Gasteiger partial charge in [0.05, 0.1) is 12.7 Å². The molecule has 1 heterocycles. The van der Waals surface area contributed by atoms with Crippen LogP contribution >= 0.6 is 0 Å². The molecule has 0 spiro atoms. The lowest BCUT2D eigenvalue weighted by atomic mass is 9.76. The van der Waals surface area contributed by atoms with Gasteiger partial charge in [0.1, 0.15) is 5.75 Å². The van der Waals surface area contributed by atoms with Crippen LogP contribution in [0.4, 0.5) is 13.2 Å². The maximum absolute atomic E-state index is 13.2. The maximum atomic E-state index is 13.2. The molecule has 1 N–H and O–H groups in total. The number of ether oxygens (including phenoxy) is 1. The third-order valence-corrected chi connectivity index (χ3v) is 4.97. The number of alkyl halides is 3. The van der Waals surface area contributed by atoms with Crippen molar-refractivity contribution in [3.8, 4) is 5.75 Å². The topological polar surface area (TPSA) is 24.5 Å². The number of nitrogens with zero attached hydrogens (tertiary/aromatic N) is 1. The Balaban J connectivity index is 1.97. The standard InChI is InChI=1S/C17H23F3N2O/c1-23-15-10-13(9-14(11-15)17(18,19)20)16(12-3-2-4-12)22-7-5-21-6-8-22/h9-12,16,21H,2-8H2,1H3/t16-/m1/s1. The van der Waals surface area contributed by atoms with Gasteiger partial charge in [0.25, 0.3) is 0 Å². The minimum absolute atomic E-state index is 0.0575. The number of hydrogen-bond donors (Lipinski definition) is 1. The number of benzene rings is 1. The van der Waals surface area contributed by atoms with Gasteiger partial charge < -0.3 is 10.1 Å². The van der Waals surface area contributed by atoms with Crippen LogP contribution < -0.4 is 10.1 Å². The Morgan fingerprint density at radius 2 is 1.87 bits per heavy atom. The predicted molar refractivity (Wildman–Crippen MR) is 82.5 cm³/mol. The normalized spacial score (nSPS) is 21.7. The van der Waals surface area contributed by atoms with Gasteiger partial charge in [-0.3, -0.25) is 4.90 Å². The van der Waals surface area contributed by atoms with Crippen molar-refractivity contribution in [2.75, 3.05) is 33.3 Å². The predicted octanol–water partition coefficient (Wildman–Crippen LogP) is 3.46. The molecule has 0 amide bonds. The second kappa shape index (κ2) is 6.69. The van der Waals surface area contributed by atoms with Crippen molar-refractivity contribution in [1.29, 1.82) is 0 Å². The highest BCUT2D eigenvalue weighted by Crippen LogP contribution is 2.44. The minimum Gasteiger partial charge on any atom is -0.497 e. The number of methoxy groups -OCH3 is 1. The van der Waals surface area contributed by atoms with Crippen molar-refractivity contribution in [1.82, 2.24) is 10.2 Å². The fourth-order valence-electron chi connectivity index (χ4n) is 3.57. The van der Waals surface area contributed by atoms with E-state index >= 15 is 0 Å². The quantitative estimate of drug-likeness (QED) is 0.916. The van der Waals surface area contributed by atoms with Crippen LogP contribution in [-0.4, -0.2) is 38.2 Å². The monoisotopic (exact) mass is 328 g/mol. The number of hydrogen-bond acceptors (Lipinski definition) is 3. The lowest BCUT2D eigenvalue weighted by Gasteiger charge is -2.43. The summed E-state index contributed by atoms with van der Waals surface area (Å²) in [6.07, 6.45) is -0.999. The molecule has 0 bridgehead atoms. The molecule has 128 valence electrons. The minimum atomic E-state index is -4.35. The van der Waals surface area contributed by atoms with Gasteiger partial charge >= 0.3 is 6.18 Å². The highest BCUT2D eigenvalue weighted by Gasteiger charge is 2.37. The van der Waals surface area contributed by atoms with Gasteiger partial charge in [0, 0.05) is 32.2 Å². The molecule has 1 saturated heterocycles. The number of halogens is 3. The Labute approximate surface area is 134 Å². The zero-order valence-corrected chi connectivity index (χ0v) is 13.3. The summed E-state index contributed by atoms with van der Waals surface area (Å²) < 4.78 is 44.8. The fourth-order valence-corrected chi connectivity index (χ4v) is 3.57. The molecule has 2 aliphatic rings. The van der Waals surface area contributed by atoms with Crippen LogP contribution in [0.15, 0.2) is 18.2 Å².